The molecule has 0 aromatic carbocycles. The average molecular weight is 135 g/mol. The van der Waals surface area contributed by atoms with E-state index in [4.69, 9.17) is 6.92 Å². The van der Waals surface area contributed by atoms with Crippen molar-refractivity contribution in [3.8, 4) is 0 Å². The number of aromatic nitrogens is 1. The summed E-state index contributed by atoms with van der Waals surface area (Å²) in [6.45, 7) is 8.01. The van der Waals surface area contributed by atoms with Gasteiger partial charge in [0.1, 0.15) is 0 Å². The highest BCUT2D eigenvalue weighted by molar-refractivity contribution is 5.08. The van der Waals surface area contributed by atoms with Gasteiger partial charge in [-0.2, -0.15) is 0 Å². The van der Waals surface area contributed by atoms with E-state index in [0.717, 1.165) is 0 Å². The first-order valence-corrected chi connectivity index (χ1v) is 3.21. The summed E-state index contributed by atoms with van der Waals surface area (Å²) >= 11 is 0. The Morgan fingerprint density at radius 1 is 1.60 bits per heavy atom. The van der Waals surface area contributed by atoms with Crippen molar-refractivity contribution in [1.82, 2.24) is 4.57 Å². The molecule has 0 aliphatic carbocycles. The summed E-state index contributed by atoms with van der Waals surface area (Å²) in [7, 11) is 0. The van der Waals surface area contributed by atoms with Crippen molar-refractivity contribution in [1.29, 1.82) is 0 Å². The molecule has 2 heteroatoms. The minimum absolute atomic E-state index is 0.0394. The molecule has 0 fully saturated rings. The van der Waals surface area contributed by atoms with Crippen molar-refractivity contribution < 1.29 is 0 Å². The van der Waals surface area contributed by atoms with Crippen LogP contribution in [0.3, 0.4) is 0 Å². The van der Waals surface area contributed by atoms with E-state index in [1.165, 1.54) is 10.6 Å². The molecule has 0 spiro atoms. The smallest absolute Gasteiger partial charge is 0.250 e. The molecule has 1 aromatic heterocycles. The van der Waals surface area contributed by atoms with E-state index >= 15 is 0 Å². The second-order valence-electron chi connectivity index (χ2n) is 2.03. The molecular weight excluding hydrogens is 126 g/mol. The quantitative estimate of drug-likeness (QED) is 0.561. The number of rotatable bonds is 1. The maximum absolute atomic E-state index is 11.0. The van der Waals surface area contributed by atoms with Gasteiger partial charge in [0.15, 0.2) is 0 Å². The Bertz CT molecular complexity index is 275. The van der Waals surface area contributed by atoms with Crippen LogP contribution in [0.25, 0.3) is 0 Å². The largest absolute Gasteiger partial charge is 0.313 e. The van der Waals surface area contributed by atoms with Gasteiger partial charge in [0.2, 0.25) is 0 Å². The molecule has 0 saturated heterocycles. The minimum atomic E-state index is -0.0394. The monoisotopic (exact) mass is 135 g/mol. The summed E-state index contributed by atoms with van der Waals surface area (Å²) in [6, 6.07) is 4.87. The molecule has 10 heavy (non-hydrogen) atoms. The van der Waals surface area contributed by atoms with Crippen molar-refractivity contribution in [2.45, 2.75) is 13.5 Å². The van der Waals surface area contributed by atoms with E-state index in [1.54, 1.807) is 12.1 Å². The first kappa shape index (κ1) is 7.06. The van der Waals surface area contributed by atoms with E-state index < -0.39 is 0 Å². The fourth-order valence-corrected chi connectivity index (χ4v) is 0.875. The summed E-state index contributed by atoms with van der Waals surface area (Å²) in [5, 5.41) is 0. The predicted molar refractivity (Wildman–Crippen MR) is 39.8 cm³/mol. The minimum Gasteiger partial charge on any atom is -0.313 e. The Morgan fingerprint density at radius 2 is 2.30 bits per heavy atom. The molecule has 2 radical (unpaired) electrons. The van der Waals surface area contributed by atoms with E-state index in [9.17, 15) is 4.79 Å². The van der Waals surface area contributed by atoms with E-state index in [-0.39, 0.29) is 5.56 Å². The summed E-state index contributed by atoms with van der Waals surface area (Å²) in [4.78, 5) is 11.0. The van der Waals surface area contributed by atoms with Crippen molar-refractivity contribution in [3.63, 3.8) is 0 Å². The number of nitrogens with zero attached hydrogens (tertiary/aromatic N) is 1. The SMILES string of the molecule is [CH]c1cccc(=O)n1CC. The lowest BCUT2D eigenvalue weighted by molar-refractivity contribution is 0.713. The first-order chi connectivity index (χ1) is 4.75. The van der Waals surface area contributed by atoms with Crippen molar-refractivity contribution in [2.24, 2.45) is 0 Å². The topological polar surface area (TPSA) is 22.0 Å². The van der Waals surface area contributed by atoms with Crippen molar-refractivity contribution >= 4 is 0 Å². The van der Waals surface area contributed by atoms with Crippen LogP contribution < -0.4 is 5.56 Å². The van der Waals surface area contributed by atoms with Crippen LogP contribution in [0.5, 0.6) is 0 Å². The number of hydrogen-bond donors (Lipinski definition) is 0. The molecular formula is C8H9NO. The zero-order valence-corrected chi connectivity index (χ0v) is 5.87. The van der Waals surface area contributed by atoms with Gasteiger partial charge in [-0.25, -0.2) is 0 Å². The molecule has 1 rings (SSSR count). The van der Waals surface area contributed by atoms with Crippen LogP contribution in [0.1, 0.15) is 12.6 Å². The Kier molecular flexibility index (Phi) is 1.90. The predicted octanol–water partition coefficient (Wildman–Crippen LogP) is 0.927. The summed E-state index contributed by atoms with van der Waals surface area (Å²) in [6.07, 6.45) is 0. The third kappa shape index (κ3) is 1.10. The van der Waals surface area contributed by atoms with Gasteiger partial charge in [-0.15, -0.1) is 0 Å². The lowest BCUT2D eigenvalue weighted by Crippen LogP contribution is -2.19. The highest BCUT2D eigenvalue weighted by Crippen LogP contribution is 1.91. The van der Waals surface area contributed by atoms with Gasteiger partial charge in [-0.1, -0.05) is 6.07 Å². The van der Waals surface area contributed by atoms with Crippen molar-refractivity contribution in [3.05, 3.63) is 41.2 Å². The third-order valence-electron chi connectivity index (χ3n) is 1.40. The fourth-order valence-electron chi connectivity index (χ4n) is 0.875. The second kappa shape index (κ2) is 2.69. The van der Waals surface area contributed by atoms with Crippen molar-refractivity contribution in [2.75, 3.05) is 0 Å². The van der Waals surface area contributed by atoms with Gasteiger partial charge in [0.25, 0.3) is 5.56 Å². The van der Waals surface area contributed by atoms with Gasteiger partial charge >= 0.3 is 0 Å². The standard InChI is InChI=1S/C8H9NO/c1-3-9-7(2)5-4-6-8(9)10/h2,4-6H,3H2,1H3. The third-order valence-corrected chi connectivity index (χ3v) is 1.40. The summed E-state index contributed by atoms with van der Waals surface area (Å²) in [5.74, 6) is 0. The van der Waals surface area contributed by atoms with Crippen LogP contribution in [0.15, 0.2) is 23.0 Å². The van der Waals surface area contributed by atoms with Gasteiger partial charge in [0.05, 0.1) is 0 Å². The second-order valence-corrected chi connectivity index (χ2v) is 2.03. The molecule has 1 aromatic rings. The zero-order valence-electron chi connectivity index (χ0n) is 5.87. The molecule has 0 N–H and O–H groups in total. The van der Waals surface area contributed by atoms with Crippen LogP contribution in [0, 0.1) is 6.92 Å². The maximum Gasteiger partial charge on any atom is 0.250 e. The van der Waals surface area contributed by atoms with Gasteiger partial charge in [0, 0.05) is 25.2 Å². The molecule has 2 nitrogen and oxygen atoms in total. The maximum atomic E-state index is 11.0. The Balaban J connectivity index is 3.31. The Hall–Kier alpha value is -1.05. The fraction of sp³-hybridized carbons (Fsp3) is 0.250. The van der Waals surface area contributed by atoms with E-state index in [2.05, 4.69) is 0 Å². The van der Waals surface area contributed by atoms with Gasteiger partial charge in [-0.05, 0) is 13.0 Å². The molecule has 52 valence electrons. The average Bonchev–Trinajstić information content (AvgIpc) is 1.88. The van der Waals surface area contributed by atoms with Gasteiger partial charge in [-0.3, -0.25) is 4.79 Å². The number of pyridine rings is 1. The zero-order chi connectivity index (χ0) is 7.56. The van der Waals surface area contributed by atoms with Crippen LogP contribution in [0.2, 0.25) is 0 Å². The molecule has 0 unspecified atom stereocenters. The molecule has 0 amide bonds. The molecule has 0 atom stereocenters. The van der Waals surface area contributed by atoms with Crippen LogP contribution >= 0.6 is 0 Å². The van der Waals surface area contributed by atoms with E-state index in [0.29, 0.717) is 12.2 Å². The van der Waals surface area contributed by atoms with Gasteiger partial charge < -0.3 is 4.57 Å². The number of hydrogen-bond acceptors (Lipinski definition) is 1. The molecule has 0 saturated carbocycles. The molecule has 0 aliphatic heterocycles. The highest BCUT2D eigenvalue weighted by Gasteiger charge is 1.93. The lowest BCUT2D eigenvalue weighted by atomic mass is 10.3. The lowest BCUT2D eigenvalue weighted by Gasteiger charge is -2.03. The Morgan fingerprint density at radius 3 is 2.70 bits per heavy atom. The van der Waals surface area contributed by atoms with Crippen LogP contribution in [0.4, 0.5) is 0 Å². The normalized spacial score (nSPS) is 9.80. The Labute approximate surface area is 60.1 Å². The van der Waals surface area contributed by atoms with Crippen LogP contribution in [-0.4, -0.2) is 4.57 Å². The summed E-state index contributed by atoms with van der Waals surface area (Å²) < 4.78 is 1.51. The van der Waals surface area contributed by atoms with Crippen LogP contribution in [-0.2, 0) is 6.54 Å². The highest BCUT2D eigenvalue weighted by atomic mass is 16.1. The van der Waals surface area contributed by atoms with E-state index in [1.807, 2.05) is 6.92 Å². The molecule has 0 aliphatic rings. The summed E-state index contributed by atoms with van der Waals surface area (Å²) in [5.41, 5.74) is 0.484. The molecule has 0 bridgehead atoms. The molecule has 1 heterocycles. The first-order valence-electron chi connectivity index (χ1n) is 3.21.